The zero-order valence-corrected chi connectivity index (χ0v) is 16.4. The molecule has 1 aromatic heterocycles. The molecule has 0 saturated carbocycles. The SMILES string of the molecule is COc1cccc(-c2cccc(C(=O)N[C@H]3COC[C@H]3Cc3ccncc3)c2)c1. The highest BCUT2D eigenvalue weighted by molar-refractivity contribution is 5.95. The Kier molecular flexibility index (Phi) is 5.86. The maximum absolute atomic E-state index is 12.9. The molecule has 0 bridgehead atoms. The second kappa shape index (κ2) is 8.88. The third-order valence-electron chi connectivity index (χ3n) is 5.29. The van der Waals surface area contributed by atoms with Crippen molar-refractivity contribution < 1.29 is 14.3 Å². The van der Waals surface area contributed by atoms with Crippen molar-refractivity contribution in [3.05, 3.63) is 84.2 Å². The minimum Gasteiger partial charge on any atom is -0.497 e. The van der Waals surface area contributed by atoms with Crippen LogP contribution in [0.1, 0.15) is 15.9 Å². The topological polar surface area (TPSA) is 60.5 Å². The molecule has 3 aromatic rings. The number of benzene rings is 2. The molecule has 2 heterocycles. The second-order valence-electron chi connectivity index (χ2n) is 7.25. The molecule has 2 atom stereocenters. The molecule has 29 heavy (non-hydrogen) atoms. The van der Waals surface area contributed by atoms with E-state index >= 15 is 0 Å². The number of methoxy groups -OCH3 is 1. The maximum atomic E-state index is 12.9. The molecular formula is C24H24N2O3. The van der Waals surface area contributed by atoms with Crippen LogP contribution in [0.5, 0.6) is 5.75 Å². The van der Waals surface area contributed by atoms with Crippen molar-refractivity contribution in [3.63, 3.8) is 0 Å². The zero-order valence-electron chi connectivity index (χ0n) is 16.4. The number of aromatic nitrogens is 1. The summed E-state index contributed by atoms with van der Waals surface area (Å²) in [5, 5.41) is 3.16. The third kappa shape index (κ3) is 4.63. The molecule has 0 radical (unpaired) electrons. The Hall–Kier alpha value is -3.18. The van der Waals surface area contributed by atoms with E-state index in [1.54, 1.807) is 19.5 Å². The van der Waals surface area contributed by atoms with Crippen LogP contribution in [0.2, 0.25) is 0 Å². The van der Waals surface area contributed by atoms with Crippen molar-refractivity contribution in [3.8, 4) is 16.9 Å². The fourth-order valence-corrected chi connectivity index (χ4v) is 3.68. The summed E-state index contributed by atoms with van der Waals surface area (Å²) in [4.78, 5) is 17.0. The van der Waals surface area contributed by atoms with Gasteiger partial charge in [0.1, 0.15) is 5.75 Å². The first kappa shape index (κ1) is 19.2. The number of rotatable bonds is 6. The van der Waals surface area contributed by atoms with Crippen LogP contribution in [0.4, 0.5) is 0 Å². The van der Waals surface area contributed by atoms with Gasteiger partial charge in [0.15, 0.2) is 0 Å². The summed E-state index contributed by atoms with van der Waals surface area (Å²) in [5.74, 6) is 0.965. The Bertz CT molecular complexity index is 975. The van der Waals surface area contributed by atoms with E-state index in [1.807, 2.05) is 60.7 Å². The average molecular weight is 388 g/mol. The Balaban J connectivity index is 1.47. The first-order valence-corrected chi connectivity index (χ1v) is 9.75. The highest BCUT2D eigenvalue weighted by Crippen LogP contribution is 2.25. The first-order chi connectivity index (χ1) is 14.2. The van der Waals surface area contributed by atoms with Gasteiger partial charge in [-0.15, -0.1) is 0 Å². The van der Waals surface area contributed by atoms with Gasteiger partial charge in [0.2, 0.25) is 0 Å². The minimum absolute atomic E-state index is 0.00357. The van der Waals surface area contributed by atoms with Gasteiger partial charge in [0, 0.05) is 23.9 Å². The molecule has 2 aromatic carbocycles. The van der Waals surface area contributed by atoms with Crippen LogP contribution in [-0.2, 0) is 11.2 Å². The Morgan fingerprint density at radius 2 is 1.83 bits per heavy atom. The molecule has 5 nitrogen and oxygen atoms in total. The van der Waals surface area contributed by atoms with Crippen molar-refractivity contribution >= 4 is 5.91 Å². The number of amides is 1. The lowest BCUT2D eigenvalue weighted by atomic mass is 9.95. The van der Waals surface area contributed by atoms with Gasteiger partial charge in [-0.3, -0.25) is 9.78 Å². The minimum atomic E-state index is -0.0787. The van der Waals surface area contributed by atoms with Crippen LogP contribution in [0.15, 0.2) is 73.1 Å². The lowest BCUT2D eigenvalue weighted by Crippen LogP contribution is -2.40. The number of nitrogens with zero attached hydrogens (tertiary/aromatic N) is 1. The third-order valence-corrected chi connectivity index (χ3v) is 5.29. The predicted molar refractivity (Wildman–Crippen MR) is 112 cm³/mol. The van der Waals surface area contributed by atoms with Gasteiger partial charge in [-0.25, -0.2) is 0 Å². The van der Waals surface area contributed by atoms with Crippen LogP contribution < -0.4 is 10.1 Å². The molecular weight excluding hydrogens is 364 g/mol. The number of hydrogen-bond acceptors (Lipinski definition) is 4. The molecule has 0 spiro atoms. The van der Waals surface area contributed by atoms with E-state index < -0.39 is 0 Å². The van der Waals surface area contributed by atoms with E-state index in [4.69, 9.17) is 9.47 Å². The van der Waals surface area contributed by atoms with Crippen LogP contribution in [-0.4, -0.2) is 37.3 Å². The van der Waals surface area contributed by atoms with Crippen LogP contribution in [0.3, 0.4) is 0 Å². The summed E-state index contributed by atoms with van der Waals surface area (Å²) in [6.07, 6.45) is 4.45. The maximum Gasteiger partial charge on any atom is 0.251 e. The van der Waals surface area contributed by atoms with E-state index in [-0.39, 0.29) is 17.9 Å². The summed E-state index contributed by atoms with van der Waals surface area (Å²) < 4.78 is 11.0. The van der Waals surface area contributed by atoms with Gasteiger partial charge in [0.05, 0.1) is 26.4 Å². The molecule has 1 saturated heterocycles. The number of ether oxygens (including phenoxy) is 2. The molecule has 1 N–H and O–H groups in total. The number of carbonyl (C=O) groups excluding carboxylic acids is 1. The lowest BCUT2D eigenvalue weighted by Gasteiger charge is -2.19. The summed E-state index contributed by atoms with van der Waals surface area (Å²) >= 11 is 0. The van der Waals surface area contributed by atoms with Crippen molar-refractivity contribution in [1.82, 2.24) is 10.3 Å². The molecule has 1 fully saturated rings. The highest BCUT2D eigenvalue weighted by Gasteiger charge is 2.30. The lowest BCUT2D eigenvalue weighted by molar-refractivity contribution is 0.0925. The zero-order chi connectivity index (χ0) is 20.1. The largest absolute Gasteiger partial charge is 0.497 e. The van der Waals surface area contributed by atoms with E-state index in [9.17, 15) is 4.79 Å². The Morgan fingerprint density at radius 1 is 1.07 bits per heavy atom. The summed E-state index contributed by atoms with van der Waals surface area (Å²) in [7, 11) is 1.65. The van der Waals surface area contributed by atoms with Gasteiger partial charge in [-0.05, 0) is 59.5 Å². The van der Waals surface area contributed by atoms with Crippen molar-refractivity contribution in [2.24, 2.45) is 5.92 Å². The molecule has 1 aliphatic heterocycles. The number of carbonyl (C=O) groups is 1. The quantitative estimate of drug-likeness (QED) is 0.699. The molecule has 0 aliphatic carbocycles. The van der Waals surface area contributed by atoms with Gasteiger partial charge in [0.25, 0.3) is 5.91 Å². The fourth-order valence-electron chi connectivity index (χ4n) is 3.68. The Labute approximate surface area is 170 Å². The molecule has 4 rings (SSSR count). The molecule has 0 unspecified atom stereocenters. The van der Waals surface area contributed by atoms with E-state index in [1.165, 1.54) is 5.56 Å². The number of nitrogens with one attached hydrogen (secondary N) is 1. The van der Waals surface area contributed by atoms with E-state index in [2.05, 4.69) is 10.3 Å². The highest BCUT2D eigenvalue weighted by atomic mass is 16.5. The molecule has 1 aliphatic rings. The second-order valence-corrected chi connectivity index (χ2v) is 7.25. The van der Waals surface area contributed by atoms with Crippen molar-refractivity contribution in [2.75, 3.05) is 20.3 Å². The summed E-state index contributed by atoms with van der Waals surface area (Å²) in [6.45, 7) is 1.19. The molecule has 1 amide bonds. The standard InChI is InChI=1S/C24H24N2O3/c1-28-22-7-3-5-19(14-22)18-4-2-6-20(13-18)24(27)26-23-16-29-15-21(23)12-17-8-10-25-11-9-17/h2-11,13-14,21,23H,12,15-16H2,1H3,(H,26,27)/t21-,23+/m1/s1. The summed E-state index contributed by atoms with van der Waals surface area (Å²) in [6, 6.07) is 19.5. The summed E-state index contributed by atoms with van der Waals surface area (Å²) in [5.41, 5.74) is 3.83. The van der Waals surface area contributed by atoms with Gasteiger partial charge in [-0.2, -0.15) is 0 Å². The van der Waals surface area contributed by atoms with Crippen molar-refractivity contribution in [1.29, 1.82) is 0 Å². The number of hydrogen-bond donors (Lipinski definition) is 1. The monoisotopic (exact) mass is 388 g/mol. The van der Waals surface area contributed by atoms with Crippen LogP contribution in [0, 0.1) is 5.92 Å². The van der Waals surface area contributed by atoms with Gasteiger partial charge < -0.3 is 14.8 Å². The van der Waals surface area contributed by atoms with Gasteiger partial charge in [-0.1, -0.05) is 24.3 Å². The van der Waals surface area contributed by atoms with E-state index in [0.29, 0.717) is 18.8 Å². The van der Waals surface area contributed by atoms with Crippen molar-refractivity contribution in [2.45, 2.75) is 12.5 Å². The normalized spacial score (nSPS) is 18.4. The van der Waals surface area contributed by atoms with E-state index in [0.717, 1.165) is 23.3 Å². The molecule has 148 valence electrons. The Morgan fingerprint density at radius 3 is 2.62 bits per heavy atom. The predicted octanol–water partition coefficient (Wildman–Crippen LogP) is 3.74. The fraction of sp³-hybridized carbons (Fsp3) is 0.250. The van der Waals surface area contributed by atoms with Crippen LogP contribution in [0.25, 0.3) is 11.1 Å². The van der Waals surface area contributed by atoms with Gasteiger partial charge >= 0.3 is 0 Å². The smallest absolute Gasteiger partial charge is 0.251 e. The number of pyridine rings is 1. The first-order valence-electron chi connectivity index (χ1n) is 9.75. The molecule has 5 heteroatoms. The average Bonchev–Trinajstić information content (AvgIpc) is 3.21. The van der Waals surface area contributed by atoms with Crippen LogP contribution >= 0.6 is 0 Å².